The van der Waals surface area contributed by atoms with Gasteiger partial charge in [-0.2, -0.15) is 0 Å². The Morgan fingerprint density at radius 3 is 2.20 bits per heavy atom. The van der Waals surface area contributed by atoms with Crippen molar-refractivity contribution in [1.82, 2.24) is 4.98 Å². The van der Waals surface area contributed by atoms with Gasteiger partial charge in [-0.1, -0.05) is 34.6 Å². The molecule has 0 saturated heterocycles. The molecule has 1 atom stereocenters. The standard InChI is InChI=1S/C15H25F2N3/c1-6-7-18-13-11(16)8-12(17)14(20-13)19-9-10(2)15(3,4)5/h8,10H,6-7,9H2,1-5H3,(H2,18,19,20). The Bertz CT molecular complexity index is 441. The van der Waals surface area contributed by atoms with E-state index in [1.165, 1.54) is 0 Å². The summed E-state index contributed by atoms with van der Waals surface area (Å²) in [4.78, 5) is 3.99. The van der Waals surface area contributed by atoms with Crippen LogP contribution >= 0.6 is 0 Å². The summed E-state index contributed by atoms with van der Waals surface area (Å²) >= 11 is 0. The van der Waals surface area contributed by atoms with Crippen LogP contribution in [0.25, 0.3) is 0 Å². The molecular formula is C15H25F2N3. The molecule has 0 amide bonds. The molecule has 1 unspecified atom stereocenters. The molecule has 0 fully saturated rings. The zero-order chi connectivity index (χ0) is 15.3. The molecule has 0 bridgehead atoms. The highest BCUT2D eigenvalue weighted by Gasteiger charge is 2.20. The van der Waals surface area contributed by atoms with Gasteiger partial charge in [0.25, 0.3) is 0 Å². The number of pyridine rings is 1. The maximum Gasteiger partial charge on any atom is 0.168 e. The van der Waals surface area contributed by atoms with Crippen molar-refractivity contribution in [3.05, 3.63) is 17.7 Å². The molecule has 0 aliphatic rings. The smallest absolute Gasteiger partial charge is 0.168 e. The van der Waals surface area contributed by atoms with Gasteiger partial charge in [-0.05, 0) is 17.8 Å². The van der Waals surface area contributed by atoms with Gasteiger partial charge in [0, 0.05) is 19.2 Å². The number of anilines is 2. The van der Waals surface area contributed by atoms with Gasteiger partial charge in [0.1, 0.15) is 0 Å². The summed E-state index contributed by atoms with van der Waals surface area (Å²) in [7, 11) is 0. The number of rotatable bonds is 6. The van der Waals surface area contributed by atoms with Crippen molar-refractivity contribution in [2.45, 2.75) is 41.0 Å². The first kappa shape index (κ1) is 16.7. The number of hydrogen-bond donors (Lipinski definition) is 2. The molecule has 0 saturated carbocycles. The number of nitrogens with one attached hydrogen (secondary N) is 2. The second-order valence-electron chi connectivity index (χ2n) is 6.22. The third kappa shape index (κ3) is 4.62. The maximum atomic E-state index is 13.7. The van der Waals surface area contributed by atoms with Crippen molar-refractivity contribution in [2.75, 3.05) is 23.7 Å². The van der Waals surface area contributed by atoms with Crippen LogP contribution in [0.15, 0.2) is 6.07 Å². The number of hydrogen-bond acceptors (Lipinski definition) is 3. The summed E-state index contributed by atoms with van der Waals surface area (Å²) in [6.45, 7) is 11.6. The van der Waals surface area contributed by atoms with Crippen LogP contribution < -0.4 is 10.6 Å². The van der Waals surface area contributed by atoms with Gasteiger partial charge >= 0.3 is 0 Å². The SMILES string of the molecule is CCCNc1nc(NCC(C)C(C)(C)C)c(F)cc1F. The van der Waals surface area contributed by atoms with Crippen LogP contribution in [0.1, 0.15) is 41.0 Å². The number of nitrogens with zero attached hydrogens (tertiary/aromatic N) is 1. The Hall–Kier alpha value is -1.39. The minimum atomic E-state index is -0.662. The van der Waals surface area contributed by atoms with E-state index >= 15 is 0 Å². The Kier molecular flexibility index (Phi) is 5.72. The average molecular weight is 285 g/mol. The van der Waals surface area contributed by atoms with Crippen molar-refractivity contribution >= 4 is 11.6 Å². The summed E-state index contributed by atoms with van der Waals surface area (Å²) in [6, 6.07) is 0.870. The van der Waals surface area contributed by atoms with Gasteiger partial charge in [-0.15, -0.1) is 0 Å². The fourth-order valence-corrected chi connectivity index (χ4v) is 1.51. The van der Waals surface area contributed by atoms with Gasteiger partial charge in [0.15, 0.2) is 23.3 Å². The Labute approximate surface area is 120 Å². The first-order valence-corrected chi connectivity index (χ1v) is 7.09. The largest absolute Gasteiger partial charge is 0.368 e. The topological polar surface area (TPSA) is 37.0 Å². The molecular weight excluding hydrogens is 260 g/mol. The highest BCUT2D eigenvalue weighted by Crippen LogP contribution is 2.26. The van der Waals surface area contributed by atoms with E-state index in [4.69, 9.17) is 0 Å². The molecule has 0 aliphatic heterocycles. The van der Waals surface area contributed by atoms with Crippen LogP contribution in [0.4, 0.5) is 20.4 Å². The molecule has 0 spiro atoms. The van der Waals surface area contributed by atoms with Crippen LogP contribution in [0, 0.1) is 23.0 Å². The fourth-order valence-electron chi connectivity index (χ4n) is 1.51. The molecule has 0 aromatic carbocycles. The Morgan fingerprint density at radius 1 is 1.15 bits per heavy atom. The second-order valence-corrected chi connectivity index (χ2v) is 6.22. The molecule has 0 radical (unpaired) electrons. The van der Waals surface area contributed by atoms with Gasteiger partial charge in [-0.3, -0.25) is 0 Å². The molecule has 1 aromatic heterocycles. The lowest BCUT2D eigenvalue weighted by Crippen LogP contribution is -2.25. The van der Waals surface area contributed by atoms with Gasteiger partial charge in [0.05, 0.1) is 0 Å². The monoisotopic (exact) mass is 285 g/mol. The summed E-state index contributed by atoms with van der Waals surface area (Å²) in [5, 5.41) is 5.83. The molecule has 0 aliphatic carbocycles. The second kappa shape index (κ2) is 6.86. The van der Waals surface area contributed by atoms with E-state index in [1.807, 2.05) is 6.92 Å². The van der Waals surface area contributed by atoms with Gasteiger partial charge in [-0.25, -0.2) is 13.8 Å². The molecule has 1 aromatic rings. The highest BCUT2D eigenvalue weighted by molar-refractivity contribution is 5.47. The van der Waals surface area contributed by atoms with Crippen LogP contribution in [0.3, 0.4) is 0 Å². The Balaban J connectivity index is 2.79. The molecule has 1 rings (SSSR count). The predicted molar refractivity (Wildman–Crippen MR) is 80.0 cm³/mol. The third-order valence-corrected chi connectivity index (χ3v) is 3.53. The van der Waals surface area contributed by atoms with Gasteiger partial charge in [0.2, 0.25) is 0 Å². The molecule has 3 nitrogen and oxygen atoms in total. The van der Waals surface area contributed by atoms with Crippen molar-refractivity contribution in [3.8, 4) is 0 Å². The predicted octanol–water partition coefficient (Wildman–Crippen LogP) is 4.28. The van der Waals surface area contributed by atoms with Gasteiger partial charge < -0.3 is 10.6 Å². The molecule has 5 heteroatoms. The average Bonchev–Trinajstić information content (AvgIpc) is 2.35. The normalized spacial score (nSPS) is 13.2. The van der Waals surface area contributed by atoms with Crippen LogP contribution in [-0.2, 0) is 0 Å². The van der Waals surface area contributed by atoms with Crippen molar-refractivity contribution in [1.29, 1.82) is 0 Å². The van der Waals surface area contributed by atoms with E-state index < -0.39 is 11.6 Å². The maximum absolute atomic E-state index is 13.7. The van der Waals surface area contributed by atoms with Crippen LogP contribution in [-0.4, -0.2) is 18.1 Å². The molecule has 2 N–H and O–H groups in total. The zero-order valence-corrected chi connectivity index (χ0v) is 13.0. The minimum Gasteiger partial charge on any atom is -0.368 e. The van der Waals surface area contributed by atoms with E-state index in [2.05, 4.69) is 43.3 Å². The summed E-state index contributed by atoms with van der Waals surface area (Å²) in [5.74, 6) is -0.794. The quantitative estimate of drug-likeness (QED) is 0.819. The summed E-state index contributed by atoms with van der Waals surface area (Å²) in [5.41, 5.74) is 0.118. The van der Waals surface area contributed by atoms with Crippen molar-refractivity contribution < 1.29 is 8.78 Å². The van der Waals surface area contributed by atoms with E-state index in [1.54, 1.807) is 0 Å². The molecule has 20 heavy (non-hydrogen) atoms. The Morgan fingerprint density at radius 2 is 1.70 bits per heavy atom. The number of aromatic nitrogens is 1. The lowest BCUT2D eigenvalue weighted by Gasteiger charge is -2.27. The molecule has 114 valence electrons. The summed E-state index contributed by atoms with van der Waals surface area (Å²) < 4.78 is 27.3. The first-order chi connectivity index (χ1) is 9.25. The fraction of sp³-hybridized carbons (Fsp3) is 0.667. The van der Waals surface area contributed by atoms with E-state index in [9.17, 15) is 8.78 Å². The van der Waals surface area contributed by atoms with Crippen molar-refractivity contribution in [3.63, 3.8) is 0 Å². The minimum absolute atomic E-state index is 0.0964. The summed E-state index contributed by atoms with van der Waals surface area (Å²) in [6.07, 6.45) is 0.850. The number of halogens is 2. The zero-order valence-electron chi connectivity index (χ0n) is 13.0. The lowest BCUT2D eigenvalue weighted by molar-refractivity contribution is 0.274. The lowest BCUT2D eigenvalue weighted by atomic mass is 9.82. The van der Waals surface area contributed by atoms with Crippen LogP contribution in [0.2, 0.25) is 0 Å². The first-order valence-electron chi connectivity index (χ1n) is 7.09. The van der Waals surface area contributed by atoms with E-state index in [-0.39, 0.29) is 17.1 Å². The third-order valence-electron chi connectivity index (χ3n) is 3.53. The van der Waals surface area contributed by atoms with Crippen LogP contribution in [0.5, 0.6) is 0 Å². The highest BCUT2D eigenvalue weighted by atomic mass is 19.1. The molecule has 1 heterocycles. The van der Waals surface area contributed by atoms with E-state index in [0.29, 0.717) is 19.0 Å². The van der Waals surface area contributed by atoms with Crippen molar-refractivity contribution in [2.24, 2.45) is 11.3 Å². The van der Waals surface area contributed by atoms with E-state index in [0.717, 1.165) is 12.5 Å².